The summed E-state index contributed by atoms with van der Waals surface area (Å²) >= 11 is 1.58. The molecule has 0 radical (unpaired) electrons. The molecule has 0 atom stereocenters. The van der Waals surface area contributed by atoms with Crippen molar-refractivity contribution >= 4 is 27.1 Å². The Morgan fingerprint density at radius 2 is 1.79 bits per heavy atom. The summed E-state index contributed by atoms with van der Waals surface area (Å²) in [5.74, 6) is 0.900. The summed E-state index contributed by atoms with van der Waals surface area (Å²) in [6, 6.07) is 14.8. The molecule has 4 rings (SSSR count). The summed E-state index contributed by atoms with van der Waals surface area (Å²) < 4.78 is 1.88. The Balaban J connectivity index is 1.72. The highest BCUT2D eigenvalue weighted by molar-refractivity contribution is 7.19. The highest BCUT2D eigenvalue weighted by atomic mass is 32.1. The largest absolute Gasteiger partial charge is 0.296 e. The second-order valence-corrected chi connectivity index (χ2v) is 6.70. The Morgan fingerprint density at radius 1 is 1.00 bits per heavy atom. The highest BCUT2D eigenvalue weighted by Gasteiger charge is 2.14. The minimum Gasteiger partial charge on any atom is -0.296 e. The van der Waals surface area contributed by atoms with E-state index >= 15 is 0 Å². The van der Waals surface area contributed by atoms with Gasteiger partial charge in [0.15, 0.2) is 5.82 Å². The van der Waals surface area contributed by atoms with E-state index in [0.717, 1.165) is 41.0 Å². The van der Waals surface area contributed by atoms with E-state index in [1.165, 1.54) is 10.8 Å². The standard InChI is InChI=1S/C18H19N5S/c1-3-22(4-2)12-16-19-20-18-23(16)21-17(24-18)15-10-9-13-7-5-6-8-14(13)11-15/h5-11H,3-4,12H2,1-2H3. The zero-order chi connectivity index (χ0) is 16.5. The molecule has 0 N–H and O–H groups in total. The number of hydrogen-bond donors (Lipinski definition) is 0. The van der Waals surface area contributed by atoms with E-state index in [2.05, 4.69) is 71.4 Å². The van der Waals surface area contributed by atoms with Crippen LogP contribution in [0.4, 0.5) is 0 Å². The lowest BCUT2D eigenvalue weighted by molar-refractivity contribution is 0.286. The molecule has 0 aliphatic rings. The quantitative estimate of drug-likeness (QED) is 0.555. The van der Waals surface area contributed by atoms with Crippen molar-refractivity contribution in [1.29, 1.82) is 0 Å². The molecule has 0 saturated carbocycles. The van der Waals surface area contributed by atoms with Crippen molar-refractivity contribution in [1.82, 2.24) is 24.7 Å². The van der Waals surface area contributed by atoms with E-state index in [0.29, 0.717) is 0 Å². The van der Waals surface area contributed by atoms with Gasteiger partial charge in [-0.3, -0.25) is 4.90 Å². The fourth-order valence-electron chi connectivity index (χ4n) is 2.84. The summed E-state index contributed by atoms with van der Waals surface area (Å²) in [4.78, 5) is 3.16. The first-order valence-electron chi connectivity index (χ1n) is 8.21. The smallest absolute Gasteiger partial charge is 0.235 e. The van der Waals surface area contributed by atoms with Gasteiger partial charge in [0.25, 0.3) is 0 Å². The molecule has 0 spiro atoms. The number of benzene rings is 2. The Bertz CT molecular complexity index is 983. The Labute approximate surface area is 144 Å². The molecule has 6 heteroatoms. The van der Waals surface area contributed by atoms with Crippen LogP contribution < -0.4 is 0 Å². The molecule has 122 valence electrons. The normalized spacial score (nSPS) is 11.8. The summed E-state index contributed by atoms with van der Waals surface area (Å²) in [5, 5.41) is 16.8. The number of aromatic nitrogens is 4. The van der Waals surface area contributed by atoms with Crippen LogP contribution in [0.1, 0.15) is 19.7 Å². The van der Waals surface area contributed by atoms with E-state index < -0.39 is 0 Å². The average Bonchev–Trinajstić information content (AvgIpc) is 3.20. The molecule has 0 bridgehead atoms. The molecule has 24 heavy (non-hydrogen) atoms. The second-order valence-electron chi connectivity index (χ2n) is 5.74. The SMILES string of the molecule is CCN(CC)Cc1nnc2sc(-c3ccc4ccccc4c3)nn12. The molecule has 0 saturated heterocycles. The van der Waals surface area contributed by atoms with E-state index in [4.69, 9.17) is 5.10 Å². The van der Waals surface area contributed by atoms with Gasteiger partial charge < -0.3 is 0 Å². The van der Waals surface area contributed by atoms with Gasteiger partial charge in [0.05, 0.1) is 6.54 Å². The minimum atomic E-state index is 0.773. The van der Waals surface area contributed by atoms with Gasteiger partial charge >= 0.3 is 0 Å². The van der Waals surface area contributed by atoms with E-state index in [1.54, 1.807) is 11.3 Å². The molecular formula is C18H19N5S. The van der Waals surface area contributed by atoms with E-state index in [1.807, 2.05) is 4.52 Å². The Kier molecular flexibility index (Phi) is 4.00. The lowest BCUT2D eigenvalue weighted by Crippen LogP contribution is -2.23. The molecule has 2 heterocycles. The maximum absolute atomic E-state index is 4.75. The van der Waals surface area contributed by atoms with Crippen LogP contribution in [0.25, 0.3) is 26.3 Å². The van der Waals surface area contributed by atoms with Crippen molar-refractivity contribution in [2.75, 3.05) is 13.1 Å². The van der Waals surface area contributed by atoms with Crippen molar-refractivity contribution in [3.63, 3.8) is 0 Å². The lowest BCUT2D eigenvalue weighted by Gasteiger charge is -2.15. The Hall–Kier alpha value is -2.31. The molecular weight excluding hydrogens is 318 g/mol. The summed E-state index contributed by atoms with van der Waals surface area (Å²) in [5.41, 5.74) is 1.12. The molecule has 2 aromatic heterocycles. The van der Waals surface area contributed by atoms with Gasteiger partial charge in [-0.1, -0.05) is 61.6 Å². The van der Waals surface area contributed by atoms with Crippen molar-refractivity contribution in [3.8, 4) is 10.6 Å². The first-order valence-corrected chi connectivity index (χ1v) is 9.02. The van der Waals surface area contributed by atoms with Crippen LogP contribution in [0.15, 0.2) is 42.5 Å². The third kappa shape index (κ3) is 2.68. The first kappa shape index (κ1) is 15.2. The molecule has 0 fully saturated rings. The number of fused-ring (bicyclic) bond motifs is 2. The van der Waals surface area contributed by atoms with Gasteiger partial charge in [-0.15, -0.1) is 10.2 Å². The topological polar surface area (TPSA) is 46.3 Å². The fourth-order valence-corrected chi connectivity index (χ4v) is 3.70. The van der Waals surface area contributed by atoms with Gasteiger partial charge in [0.1, 0.15) is 5.01 Å². The van der Waals surface area contributed by atoms with Gasteiger partial charge in [-0.05, 0) is 29.9 Å². The molecule has 0 aliphatic carbocycles. The van der Waals surface area contributed by atoms with Crippen molar-refractivity contribution < 1.29 is 0 Å². The van der Waals surface area contributed by atoms with Gasteiger partial charge in [0, 0.05) is 5.56 Å². The summed E-state index contributed by atoms with van der Waals surface area (Å²) in [6.45, 7) is 7.07. The number of rotatable bonds is 5. The molecule has 5 nitrogen and oxygen atoms in total. The van der Waals surface area contributed by atoms with Gasteiger partial charge in [-0.25, -0.2) is 0 Å². The van der Waals surface area contributed by atoms with Crippen LogP contribution >= 0.6 is 11.3 Å². The van der Waals surface area contributed by atoms with Gasteiger partial charge in [0.2, 0.25) is 4.96 Å². The van der Waals surface area contributed by atoms with Crippen molar-refractivity contribution in [3.05, 3.63) is 48.3 Å². The first-order chi connectivity index (χ1) is 11.8. The van der Waals surface area contributed by atoms with E-state index in [9.17, 15) is 0 Å². The summed E-state index contributed by atoms with van der Waals surface area (Å²) in [6.07, 6.45) is 0. The minimum absolute atomic E-state index is 0.773. The summed E-state index contributed by atoms with van der Waals surface area (Å²) in [7, 11) is 0. The molecule has 0 amide bonds. The lowest BCUT2D eigenvalue weighted by atomic mass is 10.1. The average molecular weight is 337 g/mol. The van der Waals surface area contributed by atoms with Crippen LogP contribution in [0.3, 0.4) is 0 Å². The molecule has 0 unspecified atom stereocenters. The maximum atomic E-state index is 4.75. The zero-order valence-corrected chi connectivity index (χ0v) is 14.6. The van der Waals surface area contributed by atoms with Crippen LogP contribution in [-0.4, -0.2) is 37.8 Å². The predicted octanol–water partition coefficient (Wildman–Crippen LogP) is 3.85. The number of nitrogens with zero attached hydrogens (tertiary/aromatic N) is 5. The molecule has 2 aromatic carbocycles. The second kappa shape index (κ2) is 6.30. The van der Waals surface area contributed by atoms with Gasteiger partial charge in [-0.2, -0.15) is 9.61 Å². The third-order valence-corrected chi connectivity index (χ3v) is 5.26. The molecule has 4 aromatic rings. The zero-order valence-electron chi connectivity index (χ0n) is 13.8. The molecule has 0 aliphatic heterocycles. The van der Waals surface area contributed by atoms with Crippen LogP contribution in [0, 0.1) is 0 Å². The highest BCUT2D eigenvalue weighted by Crippen LogP contribution is 2.28. The van der Waals surface area contributed by atoms with Crippen molar-refractivity contribution in [2.45, 2.75) is 20.4 Å². The van der Waals surface area contributed by atoms with E-state index in [-0.39, 0.29) is 0 Å². The van der Waals surface area contributed by atoms with Crippen LogP contribution in [0.5, 0.6) is 0 Å². The van der Waals surface area contributed by atoms with Crippen molar-refractivity contribution in [2.24, 2.45) is 0 Å². The maximum Gasteiger partial charge on any atom is 0.235 e. The third-order valence-electron chi connectivity index (χ3n) is 4.31. The van der Waals surface area contributed by atoms with Crippen LogP contribution in [0.2, 0.25) is 0 Å². The van der Waals surface area contributed by atoms with Crippen LogP contribution in [-0.2, 0) is 6.54 Å². The monoisotopic (exact) mass is 337 g/mol. The predicted molar refractivity (Wildman–Crippen MR) is 98.2 cm³/mol. The number of hydrogen-bond acceptors (Lipinski definition) is 5. The Morgan fingerprint density at radius 3 is 2.58 bits per heavy atom. The fraction of sp³-hybridized carbons (Fsp3) is 0.278.